The highest BCUT2D eigenvalue weighted by atomic mass is 16.5. The van der Waals surface area contributed by atoms with Crippen molar-refractivity contribution in [2.24, 2.45) is 0 Å². The van der Waals surface area contributed by atoms with Crippen LogP contribution in [-0.2, 0) is 6.54 Å². The van der Waals surface area contributed by atoms with Gasteiger partial charge in [0.2, 0.25) is 0 Å². The second kappa shape index (κ2) is 8.86. The molecule has 9 nitrogen and oxygen atoms in total. The first-order valence-corrected chi connectivity index (χ1v) is 10.6. The molecule has 34 heavy (non-hydrogen) atoms. The van der Waals surface area contributed by atoms with E-state index in [2.05, 4.69) is 15.0 Å². The molecule has 0 spiro atoms. The van der Waals surface area contributed by atoms with Crippen LogP contribution in [0.25, 0.3) is 21.9 Å². The quantitative estimate of drug-likeness (QED) is 0.343. The Hall–Kier alpha value is -4.40. The van der Waals surface area contributed by atoms with Gasteiger partial charge in [-0.25, -0.2) is 9.97 Å². The van der Waals surface area contributed by atoms with E-state index in [1.54, 1.807) is 41.0 Å². The van der Waals surface area contributed by atoms with Crippen LogP contribution in [0, 0.1) is 0 Å². The number of anilines is 2. The van der Waals surface area contributed by atoms with E-state index in [1.807, 2.05) is 47.4 Å². The van der Waals surface area contributed by atoms with Crippen LogP contribution in [0.4, 0.5) is 11.5 Å². The number of furan rings is 1. The number of ether oxygens (including phenoxy) is 4. The zero-order valence-corrected chi connectivity index (χ0v) is 19.3. The Labute approximate surface area is 195 Å². The number of nitrogens with zero attached hydrogens (tertiary/aromatic N) is 3. The number of hydrogen-bond acceptors (Lipinski definition) is 8. The molecule has 174 valence electrons. The molecule has 5 aromatic rings. The molecule has 1 N–H and O–H groups in total. The fourth-order valence-corrected chi connectivity index (χ4v) is 4.05. The summed E-state index contributed by atoms with van der Waals surface area (Å²) < 4.78 is 27.6. The molecule has 0 radical (unpaired) electrons. The molecule has 3 aromatic heterocycles. The van der Waals surface area contributed by atoms with Gasteiger partial charge in [-0.2, -0.15) is 0 Å². The lowest BCUT2D eigenvalue weighted by atomic mass is 10.2. The first-order chi connectivity index (χ1) is 16.7. The number of methoxy groups -OCH3 is 4. The highest BCUT2D eigenvalue weighted by molar-refractivity contribution is 6.09. The summed E-state index contributed by atoms with van der Waals surface area (Å²) in [5, 5.41) is 0.904. The van der Waals surface area contributed by atoms with Crippen molar-refractivity contribution in [3.05, 3.63) is 60.8 Å². The zero-order chi connectivity index (χ0) is 23.7. The Bertz CT molecular complexity index is 1450. The van der Waals surface area contributed by atoms with E-state index in [9.17, 15) is 0 Å². The molecule has 0 aliphatic heterocycles. The SMILES string of the molecule is COc1ccc(N(Cc2ccco2)c2ncnc3c2[nH]c2cc(OC)c(OC)cc23)cc1OC. The van der Waals surface area contributed by atoms with E-state index in [4.69, 9.17) is 23.4 Å². The number of H-pyrrole nitrogens is 1. The minimum atomic E-state index is 0.441. The lowest BCUT2D eigenvalue weighted by molar-refractivity contribution is 0.355. The molecule has 5 rings (SSSR count). The van der Waals surface area contributed by atoms with Crippen LogP contribution in [0.5, 0.6) is 23.0 Å². The molecule has 0 unspecified atom stereocenters. The van der Waals surface area contributed by atoms with E-state index >= 15 is 0 Å². The van der Waals surface area contributed by atoms with Gasteiger partial charge in [-0.05, 0) is 30.3 Å². The van der Waals surface area contributed by atoms with Gasteiger partial charge in [0.25, 0.3) is 0 Å². The molecule has 0 atom stereocenters. The van der Waals surface area contributed by atoms with Crippen LogP contribution in [0.2, 0.25) is 0 Å². The summed E-state index contributed by atoms with van der Waals surface area (Å²) in [6.07, 6.45) is 3.21. The number of benzene rings is 2. The fraction of sp³-hybridized carbons (Fsp3) is 0.200. The normalized spacial score (nSPS) is 11.1. The molecular weight excluding hydrogens is 436 g/mol. The highest BCUT2D eigenvalue weighted by Crippen LogP contribution is 2.40. The van der Waals surface area contributed by atoms with Gasteiger partial charge in [0.1, 0.15) is 23.1 Å². The van der Waals surface area contributed by atoms with Gasteiger partial charge in [0, 0.05) is 23.2 Å². The molecule has 0 bridgehead atoms. The molecule has 2 aromatic carbocycles. The lowest BCUT2D eigenvalue weighted by Gasteiger charge is -2.24. The van der Waals surface area contributed by atoms with Gasteiger partial charge >= 0.3 is 0 Å². The molecule has 0 saturated carbocycles. The summed E-state index contributed by atoms with van der Waals surface area (Å²) >= 11 is 0. The maximum atomic E-state index is 5.66. The standard InChI is InChI=1S/C25H24N4O5/c1-30-19-8-7-15(10-20(19)31-2)29(13-16-6-5-9-34-16)25-24-23(26-14-27-25)17-11-21(32-3)22(33-4)12-18(17)28-24/h5-12,14,28H,13H2,1-4H3. The van der Waals surface area contributed by atoms with E-state index in [0.717, 1.165) is 33.4 Å². The Morgan fingerprint density at radius 1 is 0.853 bits per heavy atom. The first-order valence-electron chi connectivity index (χ1n) is 10.6. The summed E-state index contributed by atoms with van der Waals surface area (Å²) in [5.41, 5.74) is 3.25. The third-order valence-corrected chi connectivity index (χ3v) is 5.69. The van der Waals surface area contributed by atoms with Crippen LogP contribution in [0.3, 0.4) is 0 Å². The molecule has 0 aliphatic carbocycles. The maximum absolute atomic E-state index is 5.66. The van der Waals surface area contributed by atoms with E-state index in [0.29, 0.717) is 35.4 Å². The van der Waals surface area contributed by atoms with Crippen molar-refractivity contribution in [2.75, 3.05) is 33.3 Å². The predicted molar refractivity (Wildman–Crippen MR) is 129 cm³/mol. The van der Waals surface area contributed by atoms with Gasteiger partial charge in [0.05, 0.1) is 46.8 Å². The average Bonchev–Trinajstić information content (AvgIpc) is 3.53. The van der Waals surface area contributed by atoms with Gasteiger partial charge in [-0.1, -0.05) is 0 Å². The Morgan fingerprint density at radius 2 is 1.59 bits per heavy atom. The van der Waals surface area contributed by atoms with Gasteiger partial charge < -0.3 is 33.2 Å². The van der Waals surface area contributed by atoms with Gasteiger partial charge in [-0.3, -0.25) is 0 Å². The predicted octanol–water partition coefficient (Wildman–Crippen LogP) is 5.08. The smallest absolute Gasteiger partial charge is 0.162 e. The van der Waals surface area contributed by atoms with E-state index < -0.39 is 0 Å². The van der Waals surface area contributed by atoms with Crippen molar-refractivity contribution in [2.45, 2.75) is 6.54 Å². The van der Waals surface area contributed by atoms with Crippen molar-refractivity contribution >= 4 is 33.4 Å². The second-order valence-electron chi connectivity index (χ2n) is 7.50. The van der Waals surface area contributed by atoms with E-state index in [-0.39, 0.29) is 0 Å². The van der Waals surface area contributed by atoms with Crippen molar-refractivity contribution in [1.29, 1.82) is 0 Å². The second-order valence-corrected chi connectivity index (χ2v) is 7.50. The van der Waals surface area contributed by atoms with Crippen LogP contribution >= 0.6 is 0 Å². The summed E-state index contributed by atoms with van der Waals surface area (Å²) in [6, 6.07) is 13.3. The van der Waals surface area contributed by atoms with Crippen molar-refractivity contribution in [1.82, 2.24) is 15.0 Å². The van der Waals surface area contributed by atoms with Crippen molar-refractivity contribution in [3.8, 4) is 23.0 Å². The Kier molecular flexibility index (Phi) is 5.59. The largest absolute Gasteiger partial charge is 0.493 e. The molecular formula is C25H24N4O5. The average molecular weight is 460 g/mol. The highest BCUT2D eigenvalue weighted by Gasteiger charge is 2.21. The summed E-state index contributed by atoms with van der Waals surface area (Å²) in [6.45, 7) is 0.441. The van der Waals surface area contributed by atoms with Crippen molar-refractivity contribution in [3.63, 3.8) is 0 Å². The molecule has 0 saturated heterocycles. The number of rotatable bonds is 8. The molecule has 9 heteroatoms. The Balaban J connectivity index is 1.72. The molecule has 3 heterocycles. The summed E-state index contributed by atoms with van der Waals surface area (Å²) in [5.74, 6) is 3.97. The summed E-state index contributed by atoms with van der Waals surface area (Å²) in [7, 11) is 6.44. The molecule has 0 aliphatic rings. The fourth-order valence-electron chi connectivity index (χ4n) is 4.05. The molecule has 0 amide bonds. The Morgan fingerprint density at radius 3 is 2.29 bits per heavy atom. The summed E-state index contributed by atoms with van der Waals surface area (Å²) in [4.78, 5) is 14.7. The minimum Gasteiger partial charge on any atom is -0.493 e. The van der Waals surface area contributed by atoms with Gasteiger partial charge in [-0.15, -0.1) is 0 Å². The van der Waals surface area contributed by atoms with Gasteiger partial charge in [0.15, 0.2) is 28.8 Å². The van der Waals surface area contributed by atoms with Crippen molar-refractivity contribution < 1.29 is 23.4 Å². The number of nitrogens with one attached hydrogen (secondary N) is 1. The van der Waals surface area contributed by atoms with Crippen LogP contribution in [0.1, 0.15) is 5.76 Å². The van der Waals surface area contributed by atoms with Crippen LogP contribution < -0.4 is 23.8 Å². The maximum Gasteiger partial charge on any atom is 0.162 e. The molecule has 0 fully saturated rings. The third kappa shape index (κ3) is 3.61. The minimum absolute atomic E-state index is 0.441. The first kappa shape index (κ1) is 21.4. The van der Waals surface area contributed by atoms with Crippen LogP contribution in [0.15, 0.2) is 59.5 Å². The topological polar surface area (TPSA) is 94.9 Å². The third-order valence-electron chi connectivity index (χ3n) is 5.69. The number of aromatic amines is 1. The number of aromatic nitrogens is 3. The van der Waals surface area contributed by atoms with E-state index in [1.165, 1.54) is 0 Å². The van der Waals surface area contributed by atoms with Crippen LogP contribution in [-0.4, -0.2) is 43.4 Å². The zero-order valence-electron chi connectivity index (χ0n) is 19.3. The lowest BCUT2D eigenvalue weighted by Crippen LogP contribution is -2.18. The monoisotopic (exact) mass is 460 g/mol. The number of hydrogen-bond donors (Lipinski definition) is 1. The number of fused-ring (bicyclic) bond motifs is 3.